The molecular formula is C16H28N4. The second-order valence-electron chi connectivity index (χ2n) is 7.55. The third-order valence-corrected chi connectivity index (χ3v) is 4.29. The first kappa shape index (κ1) is 14.1. The summed E-state index contributed by atoms with van der Waals surface area (Å²) in [5, 5.41) is 3.45. The fourth-order valence-electron chi connectivity index (χ4n) is 3.56. The van der Waals surface area contributed by atoms with Crippen LogP contribution in [0.1, 0.15) is 49.8 Å². The topological polar surface area (TPSA) is 33.1 Å². The lowest BCUT2D eigenvalue weighted by atomic mass is 9.92. The maximum atomic E-state index is 4.96. The van der Waals surface area contributed by atoms with Crippen molar-refractivity contribution >= 4 is 0 Å². The van der Waals surface area contributed by atoms with Crippen molar-refractivity contribution in [1.29, 1.82) is 0 Å². The van der Waals surface area contributed by atoms with E-state index in [1.165, 1.54) is 30.1 Å². The van der Waals surface area contributed by atoms with E-state index in [4.69, 9.17) is 4.98 Å². The van der Waals surface area contributed by atoms with Crippen LogP contribution < -0.4 is 5.32 Å². The van der Waals surface area contributed by atoms with Crippen molar-refractivity contribution in [3.05, 3.63) is 17.2 Å². The summed E-state index contributed by atoms with van der Waals surface area (Å²) in [6, 6.07) is 0. The van der Waals surface area contributed by atoms with Crippen LogP contribution in [-0.4, -0.2) is 41.6 Å². The molecule has 0 atom stereocenters. The van der Waals surface area contributed by atoms with Crippen LogP contribution in [0.5, 0.6) is 0 Å². The van der Waals surface area contributed by atoms with E-state index < -0.39 is 0 Å². The molecule has 0 spiro atoms. The summed E-state index contributed by atoms with van der Waals surface area (Å²) in [6.45, 7) is 9.00. The van der Waals surface area contributed by atoms with Gasteiger partial charge < -0.3 is 14.8 Å². The van der Waals surface area contributed by atoms with Gasteiger partial charge in [-0.3, -0.25) is 0 Å². The monoisotopic (exact) mass is 276 g/mol. The van der Waals surface area contributed by atoms with Crippen LogP contribution in [-0.2, 0) is 19.5 Å². The largest absolute Gasteiger partial charge is 0.331 e. The van der Waals surface area contributed by atoms with E-state index in [0.29, 0.717) is 0 Å². The molecule has 0 radical (unpaired) electrons. The predicted molar refractivity (Wildman–Crippen MR) is 81.9 cm³/mol. The summed E-state index contributed by atoms with van der Waals surface area (Å²) in [6.07, 6.45) is 3.79. The molecule has 3 rings (SSSR count). The Morgan fingerprint density at radius 1 is 1.35 bits per heavy atom. The molecule has 2 aliphatic rings. The Hall–Kier alpha value is -0.870. The van der Waals surface area contributed by atoms with Crippen molar-refractivity contribution in [2.24, 2.45) is 5.41 Å². The minimum atomic E-state index is 0.284. The van der Waals surface area contributed by atoms with Gasteiger partial charge in [0, 0.05) is 44.2 Å². The maximum absolute atomic E-state index is 4.96. The van der Waals surface area contributed by atoms with Crippen molar-refractivity contribution in [3.8, 4) is 0 Å². The number of fused-ring (bicyclic) bond motifs is 1. The van der Waals surface area contributed by atoms with Crippen LogP contribution in [0, 0.1) is 5.41 Å². The molecule has 112 valence electrons. The van der Waals surface area contributed by atoms with E-state index >= 15 is 0 Å². The smallest absolute Gasteiger partial charge is 0.112 e. The highest BCUT2D eigenvalue weighted by atomic mass is 15.1. The minimum Gasteiger partial charge on any atom is -0.331 e. The summed E-state index contributed by atoms with van der Waals surface area (Å²) >= 11 is 0. The Kier molecular flexibility index (Phi) is 3.63. The number of rotatable bonds is 5. The number of nitrogens with zero attached hydrogens (tertiary/aromatic N) is 3. The number of imidazole rings is 1. The van der Waals surface area contributed by atoms with Gasteiger partial charge in [-0.15, -0.1) is 0 Å². The van der Waals surface area contributed by atoms with Crippen LogP contribution in [0.25, 0.3) is 0 Å². The highest BCUT2D eigenvalue weighted by molar-refractivity contribution is 5.24. The zero-order valence-corrected chi connectivity index (χ0v) is 13.4. The second-order valence-corrected chi connectivity index (χ2v) is 7.55. The molecule has 1 aromatic rings. The minimum absolute atomic E-state index is 0.284. The summed E-state index contributed by atoms with van der Waals surface area (Å²) in [5.74, 6) is 2.10. The molecule has 0 saturated heterocycles. The van der Waals surface area contributed by atoms with Gasteiger partial charge in [0.15, 0.2) is 0 Å². The lowest BCUT2D eigenvalue weighted by molar-refractivity contribution is 0.207. The van der Waals surface area contributed by atoms with Gasteiger partial charge in [-0.2, -0.15) is 0 Å². The number of hydrogen-bond donors (Lipinski definition) is 1. The normalized spacial score (nSPS) is 19.4. The molecule has 1 fully saturated rings. The highest BCUT2D eigenvalue weighted by Gasteiger charge is 2.33. The Labute approximate surface area is 122 Å². The zero-order valence-electron chi connectivity index (χ0n) is 13.4. The van der Waals surface area contributed by atoms with Crippen molar-refractivity contribution in [2.75, 3.05) is 27.2 Å². The molecule has 1 saturated carbocycles. The molecule has 1 aliphatic heterocycles. The summed E-state index contributed by atoms with van der Waals surface area (Å²) in [5.41, 5.74) is 3.09. The van der Waals surface area contributed by atoms with Crippen molar-refractivity contribution < 1.29 is 0 Å². The predicted octanol–water partition coefficient (Wildman–Crippen LogP) is 1.99. The molecular weight excluding hydrogens is 248 g/mol. The van der Waals surface area contributed by atoms with E-state index in [2.05, 4.69) is 42.7 Å². The van der Waals surface area contributed by atoms with Gasteiger partial charge in [-0.05, 0) is 32.4 Å². The van der Waals surface area contributed by atoms with Gasteiger partial charge in [0.1, 0.15) is 5.82 Å². The lowest BCUT2D eigenvalue weighted by Crippen LogP contribution is -2.34. The van der Waals surface area contributed by atoms with Gasteiger partial charge >= 0.3 is 0 Å². The molecule has 0 bridgehead atoms. The standard InChI is InChI=1S/C16H28N4/c1-16(2,10-19(3)4)11-20-14-7-8-17-9-13(14)18-15(20)12-5-6-12/h12,17H,5-11H2,1-4H3. The summed E-state index contributed by atoms with van der Waals surface area (Å²) in [4.78, 5) is 7.26. The van der Waals surface area contributed by atoms with Crippen LogP contribution in [0.4, 0.5) is 0 Å². The maximum Gasteiger partial charge on any atom is 0.112 e. The van der Waals surface area contributed by atoms with Gasteiger partial charge in [-0.25, -0.2) is 4.98 Å². The molecule has 20 heavy (non-hydrogen) atoms. The van der Waals surface area contributed by atoms with Gasteiger partial charge in [0.25, 0.3) is 0 Å². The Morgan fingerprint density at radius 3 is 2.75 bits per heavy atom. The van der Waals surface area contributed by atoms with Crippen molar-refractivity contribution in [1.82, 2.24) is 19.8 Å². The number of nitrogens with one attached hydrogen (secondary N) is 1. The van der Waals surface area contributed by atoms with Crippen LogP contribution in [0.15, 0.2) is 0 Å². The fraction of sp³-hybridized carbons (Fsp3) is 0.812. The Morgan fingerprint density at radius 2 is 2.10 bits per heavy atom. The van der Waals surface area contributed by atoms with E-state index in [1.807, 2.05) is 0 Å². The van der Waals surface area contributed by atoms with Crippen molar-refractivity contribution in [3.63, 3.8) is 0 Å². The van der Waals surface area contributed by atoms with E-state index in [0.717, 1.165) is 38.5 Å². The third kappa shape index (κ3) is 2.91. The molecule has 1 N–H and O–H groups in total. The van der Waals surface area contributed by atoms with Crippen molar-refractivity contribution in [2.45, 2.75) is 52.1 Å². The van der Waals surface area contributed by atoms with Gasteiger partial charge in [0.05, 0.1) is 5.69 Å². The van der Waals surface area contributed by atoms with E-state index in [9.17, 15) is 0 Å². The lowest BCUT2D eigenvalue weighted by Gasteiger charge is -2.30. The quantitative estimate of drug-likeness (QED) is 0.893. The number of hydrogen-bond acceptors (Lipinski definition) is 3. The molecule has 2 heterocycles. The molecule has 0 aromatic carbocycles. The van der Waals surface area contributed by atoms with Crippen LogP contribution in [0.3, 0.4) is 0 Å². The first-order chi connectivity index (χ1) is 9.46. The first-order valence-electron chi connectivity index (χ1n) is 7.90. The number of aromatic nitrogens is 2. The Bertz CT molecular complexity index is 483. The average Bonchev–Trinajstić information content (AvgIpc) is 3.12. The molecule has 0 unspecified atom stereocenters. The van der Waals surface area contributed by atoms with E-state index in [-0.39, 0.29) is 5.41 Å². The summed E-state index contributed by atoms with van der Waals surface area (Å²) in [7, 11) is 4.33. The second kappa shape index (κ2) is 5.15. The first-order valence-corrected chi connectivity index (χ1v) is 7.90. The van der Waals surface area contributed by atoms with Gasteiger partial charge in [-0.1, -0.05) is 13.8 Å². The average molecular weight is 276 g/mol. The van der Waals surface area contributed by atoms with Crippen LogP contribution in [0.2, 0.25) is 0 Å². The summed E-state index contributed by atoms with van der Waals surface area (Å²) < 4.78 is 2.57. The SMILES string of the molecule is CN(C)CC(C)(C)Cn1c(C2CC2)nc2c1CCNC2. The molecule has 4 heteroatoms. The van der Waals surface area contributed by atoms with E-state index in [1.54, 1.807) is 0 Å². The van der Waals surface area contributed by atoms with Gasteiger partial charge in [0.2, 0.25) is 0 Å². The third-order valence-electron chi connectivity index (χ3n) is 4.29. The highest BCUT2D eigenvalue weighted by Crippen LogP contribution is 2.41. The Balaban J connectivity index is 1.89. The van der Waals surface area contributed by atoms with Crippen LogP contribution >= 0.6 is 0 Å². The molecule has 0 amide bonds. The molecule has 1 aliphatic carbocycles. The molecule has 4 nitrogen and oxygen atoms in total. The fourth-order valence-corrected chi connectivity index (χ4v) is 3.56. The molecule has 1 aromatic heterocycles. The zero-order chi connectivity index (χ0) is 14.3.